The summed E-state index contributed by atoms with van der Waals surface area (Å²) in [7, 11) is 0. The monoisotopic (exact) mass is 263 g/mol. The molecule has 1 atom stereocenters. The summed E-state index contributed by atoms with van der Waals surface area (Å²) in [6.45, 7) is 0.675. The second kappa shape index (κ2) is 6.05. The zero-order chi connectivity index (χ0) is 13.7. The number of carbonyl (C=O) groups excluding carboxylic acids is 2. The smallest absolute Gasteiger partial charge is 0.242 e. The summed E-state index contributed by atoms with van der Waals surface area (Å²) < 4.78 is 0. The summed E-state index contributed by atoms with van der Waals surface area (Å²) in [6, 6.07) is 1.72. The summed E-state index contributed by atoms with van der Waals surface area (Å²) in [5.41, 5.74) is -0.912. The number of rotatable bonds is 2. The molecule has 1 aliphatic heterocycles. The fourth-order valence-corrected chi connectivity index (χ4v) is 2.92. The van der Waals surface area contributed by atoms with Gasteiger partial charge in [-0.3, -0.25) is 9.59 Å². The Hall–Kier alpha value is -1.57. The summed E-state index contributed by atoms with van der Waals surface area (Å²) in [5, 5.41) is 14.9. The molecule has 2 N–H and O–H groups in total. The predicted molar refractivity (Wildman–Crippen MR) is 69.9 cm³/mol. The third-order valence-electron chi connectivity index (χ3n) is 4.20. The van der Waals surface area contributed by atoms with Crippen LogP contribution in [0.15, 0.2) is 0 Å². The van der Waals surface area contributed by atoms with Gasteiger partial charge in [-0.05, 0) is 32.1 Å². The van der Waals surface area contributed by atoms with Crippen LogP contribution in [0.2, 0.25) is 0 Å². The number of nitrogens with one attached hydrogen (secondary N) is 2. The Morgan fingerprint density at radius 2 is 2.00 bits per heavy atom. The van der Waals surface area contributed by atoms with Crippen molar-refractivity contribution in [2.75, 3.05) is 6.54 Å². The molecule has 1 aliphatic carbocycles. The molecule has 2 rings (SSSR count). The van der Waals surface area contributed by atoms with Gasteiger partial charge in [0.05, 0.1) is 6.07 Å². The normalized spacial score (nSPS) is 26.7. The molecule has 0 spiro atoms. The molecule has 0 bridgehead atoms. The van der Waals surface area contributed by atoms with E-state index in [1.807, 2.05) is 0 Å². The molecule has 0 radical (unpaired) electrons. The van der Waals surface area contributed by atoms with E-state index in [4.69, 9.17) is 0 Å². The Labute approximate surface area is 113 Å². The van der Waals surface area contributed by atoms with Crippen LogP contribution in [0.3, 0.4) is 0 Å². The molecule has 5 heteroatoms. The van der Waals surface area contributed by atoms with Crippen molar-refractivity contribution in [1.82, 2.24) is 10.6 Å². The van der Waals surface area contributed by atoms with Crippen molar-refractivity contribution < 1.29 is 9.59 Å². The third-order valence-corrected chi connectivity index (χ3v) is 4.20. The minimum atomic E-state index is -0.912. The van der Waals surface area contributed by atoms with Gasteiger partial charge in [0.2, 0.25) is 11.8 Å². The molecule has 19 heavy (non-hydrogen) atoms. The van der Waals surface area contributed by atoms with Gasteiger partial charge in [-0.1, -0.05) is 19.3 Å². The molecule has 1 heterocycles. The Bertz CT molecular complexity index is 394. The zero-order valence-electron chi connectivity index (χ0n) is 11.2. The Kier molecular flexibility index (Phi) is 4.41. The minimum Gasteiger partial charge on any atom is -0.354 e. The lowest BCUT2D eigenvalue weighted by Gasteiger charge is -2.30. The van der Waals surface area contributed by atoms with Crippen molar-refractivity contribution in [3.63, 3.8) is 0 Å². The predicted octanol–water partition coefficient (Wildman–Crippen LogP) is 1.25. The maximum atomic E-state index is 12.4. The van der Waals surface area contributed by atoms with E-state index in [9.17, 15) is 14.9 Å². The van der Waals surface area contributed by atoms with E-state index in [-0.39, 0.29) is 11.8 Å². The van der Waals surface area contributed by atoms with Gasteiger partial charge >= 0.3 is 0 Å². The van der Waals surface area contributed by atoms with Gasteiger partial charge < -0.3 is 10.6 Å². The number of hydrogen-bond donors (Lipinski definition) is 2. The molecule has 1 saturated heterocycles. The molecule has 2 amide bonds. The van der Waals surface area contributed by atoms with Gasteiger partial charge in [-0.15, -0.1) is 0 Å². The van der Waals surface area contributed by atoms with E-state index in [1.165, 1.54) is 0 Å². The highest BCUT2D eigenvalue weighted by molar-refractivity contribution is 5.91. The van der Waals surface area contributed by atoms with Crippen LogP contribution in [0.1, 0.15) is 51.4 Å². The van der Waals surface area contributed by atoms with Gasteiger partial charge in [-0.2, -0.15) is 5.26 Å². The van der Waals surface area contributed by atoms with E-state index < -0.39 is 11.5 Å². The Balaban J connectivity index is 2.02. The summed E-state index contributed by atoms with van der Waals surface area (Å²) in [4.78, 5) is 24.2. The highest BCUT2D eigenvalue weighted by atomic mass is 16.2. The molecule has 2 fully saturated rings. The largest absolute Gasteiger partial charge is 0.354 e. The zero-order valence-corrected chi connectivity index (χ0v) is 11.2. The first-order valence-electron chi connectivity index (χ1n) is 7.18. The first kappa shape index (κ1) is 13.9. The minimum absolute atomic E-state index is 0.116. The van der Waals surface area contributed by atoms with Crippen LogP contribution in [-0.2, 0) is 9.59 Å². The van der Waals surface area contributed by atoms with Crippen molar-refractivity contribution in [2.45, 2.75) is 57.4 Å². The van der Waals surface area contributed by atoms with Crippen molar-refractivity contribution in [1.29, 1.82) is 5.26 Å². The van der Waals surface area contributed by atoms with Crippen LogP contribution < -0.4 is 10.6 Å². The van der Waals surface area contributed by atoms with Crippen molar-refractivity contribution in [3.8, 4) is 6.07 Å². The fraction of sp³-hybridized carbons (Fsp3) is 0.786. The van der Waals surface area contributed by atoms with Gasteiger partial charge in [-0.25, -0.2) is 0 Å². The number of amides is 2. The Morgan fingerprint density at radius 3 is 2.68 bits per heavy atom. The quantitative estimate of drug-likeness (QED) is 0.786. The second-order valence-electron chi connectivity index (χ2n) is 5.57. The molecular formula is C14H21N3O2. The maximum Gasteiger partial charge on any atom is 0.242 e. The lowest BCUT2D eigenvalue weighted by atomic mass is 9.74. The third kappa shape index (κ3) is 3.06. The maximum absolute atomic E-state index is 12.4. The molecule has 0 aromatic carbocycles. The average molecular weight is 263 g/mol. The molecule has 1 saturated carbocycles. The topological polar surface area (TPSA) is 82.0 Å². The summed E-state index contributed by atoms with van der Waals surface area (Å²) in [6.07, 6.45) is 6.67. The van der Waals surface area contributed by atoms with Crippen LogP contribution in [0.25, 0.3) is 0 Å². The number of nitrogens with zero attached hydrogens (tertiary/aromatic N) is 1. The fourth-order valence-electron chi connectivity index (χ4n) is 2.92. The molecule has 0 unspecified atom stereocenters. The van der Waals surface area contributed by atoms with Gasteiger partial charge in [0.15, 0.2) is 0 Å². The van der Waals surface area contributed by atoms with Crippen LogP contribution in [0.5, 0.6) is 0 Å². The summed E-state index contributed by atoms with van der Waals surface area (Å²) >= 11 is 0. The van der Waals surface area contributed by atoms with Crippen LogP contribution >= 0.6 is 0 Å². The average Bonchev–Trinajstić information content (AvgIpc) is 2.65. The van der Waals surface area contributed by atoms with Gasteiger partial charge in [0.25, 0.3) is 0 Å². The highest BCUT2D eigenvalue weighted by Crippen LogP contribution is 2.36. The van der Waals surface area contributed by atoms with E-state index in [0.717, 1.165) is 32.1 Å². The van der Waals surface area contributed by atoms with E-state index >= 15 is 0 Å². The highest BCUT2D eigenvalue weighted by Gasteiger charge is 2.41. The van der Waals surface area contributed by atoms with Crippen molar-refractivity contribution >= 4 is 11.8 Å². The number of carbonyl (C=O) groups is 2. The van der Waals surface area contributed by atoms with Gasteiger partial charge in [0, 0.05) is 6.54 Å². The molecule has 104 valence electrons. The first-order chi connectivity index (χ1) is 9.18. The molecule has 5 nitrogen and oxygen atoms in total. The molecular weight excluding hydrogens is 242 g/mol. The van der Waals surface area contributed by atoms with E-state index in [1.54, 1.807) is 0 Å². The van der Waals surface area contributed by atoms with Crippen LogP contribution in [-0.4, -0.2) is 24.4 Å². The molecule has 2 aliphatic rings. The number of hydrogen-bond acceptors (Lipinski definition) is 3. The SMILES string of the molecule is N#CC1(C(=O)N[C@@H]2CCCCNC2=O)CCCCC1. The van der Waals surface area contributed by atoms with Crippen LogP contribution in [0, 0.1) is 16.7 Å². The molecule has 0 aromatic heterocycles. The second-order valence-corrected chi connectivity index (χ2v) is 5.57. The molecule has 0 aromatic rings. The lowest BCUT2D eigenvalue weighted by molar-refractivity contribution is -0.134. The van der Waals surface area contributed by atoms with Gasteiger partial charge in [0.1, 0.15) is 11.5 Å². The van der Waals surface area contributed by atoms with Crippen molar-refractivity contribution in [3.05, 3.63) is 0 Å². The first-order valence-corrected chi connectivity index (χ1v) is 7.18. The summed E-state index contributed by atoms with van der Waals surface area (Å²) in [5.74, 6) is -0.369. The van der Waals surface area contributed by atoms with Crippen molar-refractivity contribution in [2.24, 2.45) is 5.41 Å². The van der Waals surface area contributed by atoms with Crippen LogP contribution in [0.4, 0.5) is 0 Å². The standard InChI is InChI=1S/C14H21N3O2/c15-10-14(7-3-1-4-8-14)13(19)17-11-6-2-5-9-16-12(11)18/h11H,1-9H2,(H,16,18)(H,17,19)/t11-/m1/s1. The lowest BCUT2D eigenvalue weighted by Crippen LogP contribution is -2.51. The Morgan fingerprint density at radius 1 is 1.26 bits per heavy atom. The number of nitriles is 1. The van der Waals surface area contributed by atoms with E-state index in [0.29, 0.717) is 25.8 Å². The van der Waals surface area contributed by atoms with E-state index in [2.05, 4.69) is 16.7 Å².